The maximum absolute atomic E-state index is 6.47. The maximum atomic E-state index is 6.47. The number of halogens is 1. The molecule has 1 aromatic carbocycles. The van der Waals surface area contributed by atoms with Crippen LogP contribution in [0.1, 0.15) is 43.5 Å². The highest BCUT2D eigenvalue weighted by atomic mass is 35.5. The maximum Gasteiger partial charge on any atom is 0.216 e. The van der Waals surface area contributed by atoms with Gasteiger partial charge in [-0.25, -0.2) is 4.68 Å². The van der Waals surface area contributed by atoms with E-state index < -0.39 is 0 Å². The zero-order valence-corrected chi connectivity index (χ0v) is 17.7. The Kier molecular flexibility index (Phi) is 7.71. The molecular formula is C21H33ClN4O. The molecule has 2 atom stereocenters. The van der Waals surface area contributed by atoms with E-state index in [0.717, 1.165) is 37.8 Å². The standard InChI is InChI=1S/C21H32N4O.ClH/c1-5-26-21-18(16(4)23-25(21)11-15(2)3)12-24-13-19(20(22)14-24)17-9-7-6-8-10-17;/h6-10,15,19-20H,5,11-14,22H2,1-4H3;1H/t19-,20+;/m0./s1. The predicted molar refractivity (Wildman–Crippen MR) is 113 cm³/mol. The molecule has 5 nitrogen and oxygen atoms in total. The van der Waals surface area contributed by atoms with Gasteiger partial charge in [0.25, 0.3) is 0 Å². The molecule has 2 heterocycles. The van der Waals surface area contributed by atoms with E-state index in [2.05, 4.69) is 56.0 Å². The number of rotatable bonds is 7. The van der Waals surface area contributed by atoms with Crippen LogP contribution in [0.3, 0.4) is 0 Å². The van der Waals surface area contributed by atoms with Gasteiger partial charge in [-0.15, -0.1) is 12.4 Å². The molecule has 2 aromatic rings. The molecule has 150 valence electrons. The summed E-state index contributed by atoms with van der Waals surface area (Å²) in [4.78, 5) is 2.44. The first kappa shape index (κ1) is 21.7. The summed E-state index contributed by atoms with van der Waals surface area (Å²) in [6.07, 6.45) is 0. The van der Waals surface area contributed by atoms with E-state index in [4.69, 9.17) is 15.6 Å². The van der Waals surface area contributed by atoms with Crippen LogP contribution in [0.5, 0.6) is 5.88 Å². The summed E-state index contributed by atoms with van der Waals surface area (Å²) in [7, 11) is 0. The summed E-state index contributed by atoms with van der Waals surface area (Å²) in [6.45, 7) is 12.8. The number of likely N-dealkylation sites (tertiary alicyclic amines) is 1. The number of ether oxygens (including phenoxy) is 1. The highest BCUT2D eigenvalue weighted by molar-refractivity contribution is 5.85. The SMILES string of the molecule is CCOc1c(CN2C[C@@H](N)[C@H](c3ccccc3)C2)c(C)nn1CC(C)C.Cl. The van der Waals surface area contributed by atoms with Crippen LogP contribution in [0.2, 0.25) is 0 Å². The second-order valence-electron chi connectivity index (χ2n) is 7.75. The Labute approximate surface area is 169 Å². The van der Waals surface area contributed by atoms with Crippen LogP contribution in [0.15, 0.2) is 30.3 Å². The van der Waals surface area contributed by atoms with Crippen molar-refractivity contribution in [2.45, 2.75) is 52.7 Å². The van der Waals surface area contributed by atoms with E-state index in [-0.39, 0.29) is 18.4 Å². The average Bonchev–Trinajstić information content (AvgIpc) is 3.10. The zero-order chi connectivity index (χ0) is 18.7. The molecule has 0 amide bonds. The van der Waals surface area contributed by atoms with Crippen LogP contribution in [-0.2, 0) is 13.1 Å². The fraction of sp³-hybridized carbons (Fsp3) is 0.571. The topological polar surface area (TPSA) is 56.3 Å². The third-order valence-electron chi connectivity index (χ3n) is 5.07. The lowest BCUT2D eigenvalue weighted by atomic mass is 9.95. The third-order valence-corrected chi connectivity index (χ3v) is 5.07. The molecule has 27 heavy (non-hydrogen) atoms. The molecular weight excluding hydrogens is 360 g/mol. The van der Waals surface area contributed by atoms with Crippen molar-refractivity contribution < 1.29 is 4.74 Å². The highest BCUT2D eigenvalue weighted by Gasteiger charge is 2.32. The fourth-order valence-electron chi connectivity index (χ4n) is 3.87. The van der Waals surface area contributed by atoms with Crippen molar-refractivity contribution in [2.75, 3.05) is 19.7 Å². The second-order valence-corrected chi connectivity index (χ2v) is 7.75. The second kappa shape index (κ2) is 9.58. The normalized spacial score (nSPS) is 20.1. The molecule has 0 bridgehead atoms. The van der Waals surface area contributed by atoms with Crippen molar-refractivity contribution in [2.24, 2.45) is 11.7 Å². The first-order chi connectivity index (χ1) is 12.5. The molecule has 0 radical (unpaired) electrons. The molecule has 1 aliphatic rings. The number of hydrogen-bond acceptors (Lipinski definition) is 4. The molecule has 0 unspecified atom stereocenters. The first-order valence-electron chi connectivity index (χ1n) is 9.71. The quantitative estimate of drug-likeness (QED) is 0.782. The van der Waals surface area contributed by atoms with Gasteiger partial charge in [-0.1, -0.05) is 44.2 Å². The van der Waals surface area contributed by atoms with Gasteiger partial charge in [0.2, 0.25) is 5.88 Å². The summed E-state index contributed by atoms with van der Waals surface area (Å²) in [5.74, 6) is 1.84. The summed E-state index contributed by atoms with van der Waals surface area (Å²) >= 11 is 0. The van der Waals surface area contributed by atoms with E-state index in [1.165, 1.54) is 11.1 Å². The lowest BCUT2D eigenvalue weighted by molar-refractivity contribution is 0.275. The van der Waals surface area contributed by atoms with Gasteiger partial charge in [-0.05, 0) is 25.3 Å². The molecule has 1 saturated heterocycles. The Balaban J connectivity index is 0.00000261. The van der Waals surface area contributed by atoms with Gasteiger partial charge >= 0.3 is 0 Å². The highest BCUT2D eigenvalue weighted by Crippen LogP contribution is 2.31. The van der Waals surface area contributed by atoms with E-state index in [1.54, 1.807) is 0 Å². The van der Waals surface area contributed by atoms with Crippen molar-refractivity contribution in [1.29, 1.82) is 0 Å². The van der Waals surface area contributed by atoms with Gasteiger partial charge in [0, 0.05) is 38.1 Å². The van der Waals surface area contributed by atoms with Crippen molar-refractivity contribution in [3.05, 3.63) is 47.2 Å². The Morgan fingerprint density at radius 1 is 1.22 bits per heavy atom. The molecule has 1 fully saturated rings. The Bertz CT molecular complexity index is 716. The molecule has 3 rings (SSSR count). The first-order valence-corrected chi connectivity index (χ1v) is 9.71. The average molecular weight is 393 g/mol. The van der Waals surface area contributed by atoms with Gasteiger partial charge in [-0.3, -0.25) is 4.90 Å². The number of hydrogen-bond donors (Lipinski definition) is 1. The summed E-state index contributed by atoms with van der Waals surface area (Å²) in [5.41, 5.74) is 10.1. The van der Waals surface area contributed by atoms with Crippen molar-refractivity contribution >= 4 is 12.4 Å². The Morgan fingerprint density at radius 3 is 2.56 bits per heavy atom. The van der Waals surface area contributed by atoms with Gasteiger partial charge < -0.3 is 10.5 Å². The number of nitrogens with two attached hydrogens (primary N) is 1. The molecule has 0 aliphatic carbocycles. The zero-order valence-electron chi connectivity index (χ0n) is 16.9. The van der Waals surface area contributed by atoms with Crippen molar-refractivity contribution in [3.8, 4) is 5.88 Å². The van der Waals surface area contributed by atoms with Crippen LogP contribution < -0.4 is 10.5 Å². The minimum absolute atomic E-state index is 0. The van der Waals surface area contributed by atoms with E-state index in [0.29, 0.717) is 18.4 Å². The van der Waals surface area contributed by atoms with Crippen LogP contribution >= 0.6 is 12.4 Å². The van der Waals surface area contributed by atoms with Crippen LogP contribution in [0, 0.1) is 12.8 Å². The van der Waals surface area contributed by atoms with Gasteiger partial charge in [0.05, 0.1) is 17.9 Å². The molecule has 1 aliphatic heterocycles. The summed E-state index contributed by atoms with van der Waals surface area (Å²) in [6, 6.07) is 10.8. The van der Waals surface area contributed by atoms with Crippen LogP contribution in [0.4, 0.5) is 0 Å². The van der Waals surface area contributed by atoms with Gasteiger partial charge in [-0.2, -0.15) is 5.10 Å². The molecule has 1 aromatic heterocycles. The third kappa shape index (κ3) is 5.03. The van der Waals surface area contributed by atoms with Crippen molar-refractivity contribution in [1.82, 2.24) is 14.7 Å². The minimum Gasteiger partial charge on any atom is -0.478 e. The van der Waals surface area contributed by atoms with Gasteiger partial charge in [0.15, 0.2) is 0 Å². The summed E-state index contributed by atoms with van der Waals surface area (Å²) < 4.78 is 8.01. The molecule has 0 spiro atoms. The smallest absolute Gasteiger partial charge is 0.216 e. The van der Waals surface area contributed by atoms with E-state index >= 15 is 0 Å². The lowest BCUT2D eigenvalue weighted by Gasteiger charge is -2.17. The minimum atomic E-state index is 0. The fourth-order valence-corrected chi connectivity index (χ4v) is 3.87. The van der Waals surface area contributed by atoms with Crippen molar-refractivity contribution in [3.63, 3.8) is 0 Å². The van der Waals surface area contributed by atoms with Gasteiger partial charge in [0.1, 0.15) is 0 Å². The molecule has 6 heteroatoms. The Hall–Kier alpha value is -1.56. The largest absolute Gasteiger partial charge is 0.478 e. The molecule has 2 N–H and O–H groups in total. The lowest BCUT2D eigenvalue weighted by Crippen LogP contribution is -2.28. The van der Waals surface area contributed by atoms with Crippen LogP contribution in [0.25, 0.3) is 0 Å². The number of aromatic nitrogens is 2. The number of benzene rings is 1. The summed E-state index contributed by atoms with van der Waals surface area (Å²) in [5, 5.41) is 4.74. The predicted octanol–water partition coefficient (Wildman–Crippen LogP) is 3.59. The Morgan fingerprint density at radius 2 is 1.93 bits per heavy atom. The molecule has 0 saturated carbocycles. The van der Waals surface area contributed by atoms with E-state index in [9.17, 15) is 0 Å². The number of aryl methyl sites for hydroxylation is 1. The monoisotopic (exact) mass is 392 g/mol. The number of nitrogens with zero attached hydrogens (tertiary/aromatic N) is 3. The van der Waals surface area contributed by atoms with Crippen LogP contribution in [-0.4, -0.2) is 40.4 Å². The van der Waals surface area contributed by atoms with E-state index in [1.807, 2.05) is 11.6 Å².